The van der Waals surface area contributed by atoms with Crippen molar-refractivity contribution in [3.8, 4) is 6.07 Å². The van der Waals surface area contributed by atoms with Crippen molar-refractivity contribution in [3.05, 3.63) is 47.3 Å². The smallest absolute Gasteiger partial charge is 0.123 e. The van der Waals surface area contributed by atoms with Gasteiger partial charge < -0.3 is 0 Å². The predicted octanol–water partition coefficient (Wildman–Crippen LogP) is 3.97. The molecule has 80 valence electrons. The highest BCUT2D eigenvalue weighted by atomic mass is 19.1. The lowest BCUT2D eigenvalue weighted by molar-refractivity contribution is 0.629. The van der Waals surface area contributed by atoms with Crippen molar-refractivity contribution in [2.75, 3.05) is 0 Å². The summed E-state index contributed by atoms with van der Waals surface area (Å²) in [6.45, 7) is 4.12. The minimum atomic E-state index is -0.260. The Bertz CT molecular complexity index is 579. The summed E-state index contributed by atoms with van der Waals surface area (Å²) >= 11 is 0. The molecule has 0 aliphatic carbocycles. The molecule has 0 N–H and O–H groups in total. The summed E-state index contributed by atoms with van der Waals surface area (Å²) in [5, 5.41) is 10.7. The topological polar surface area (TPSA) is 23.8 Å². The van der Waals surface area contributed by atoms with Crippen molar-refractivity contribution in [1.29, 1.82) is 5.26 Å². The molecule has 0 fully saturated rings. The van der Waals surface area contributed by atoms with Crippen LogP contribution in [0.5, 0.6) is 0 Å². The average molecular weight is 213 g/mol. The molecule has 0 aliphatic heterocycles. The van der Waals surface area contributed by atoms with E-state index in [1.165, 1.54) is 12.1 Å². The van der Waals surface area contributed by atoms with E-state index < -0.39 is 0 Å². The van der Waals surface area contributed by atoms with Crippen molar-refractivity contribution < 1.29 is 4.39 Å². The second-order valence-corrected chi connectivity index (χ2v) is 4.16. The molecule has 0 atom stereocenters. The third-order valence-electron chi connectivity index (χ3n) is 2.75. The molecule has 0 bridgehead atoms. The lowest BCUT2D eigenvalue weighted by Gasteiger charge is -2.10. The van der Waals surface area contributed by atoms with Gasteiger partial charge in [0.15, 0.2) is 0 Å². The Morgan fingerprint density at radius 1 is 1.12 bits per heavy atom. The number of rotatable bonds is 1. The maximum absolute atomic E-state index is 13.2. The zero-order valence-electron chi connectivity index (χ0n) is 9.29. The van der Waals surface area contributed by atoms with Gasteiger partial charge in [-0.3, -0.25) is 0 Å². The number of hydrogen-bond acceptors (Lipinski definition) is 1. The highest BCUT2D eigenvalue weighted by Crippen LogP contribution is 2.28. The molecular weight excluding hydrogens is 201 g/mol. The van der Waals surface area contributed by atoms with Crippen LogP contribution < -0.4 is 0 Å². The fourth-order valence-corrected chi connectivity index (χ4v) is 1.94. The fourth-order valence-electron chi connectivity index (χ4n) is 1.94. The summed E-state index contributed by atoms with van der Waals surface area (Å²) in [5.41, 5.74) is 1.67. The summed E-state index contributed by atoms with van der Waals surface area (Å²) in [7, 11) is 0. The molecule has 0 saturated carbocycles. The minimum Gasteiger partial charge on any atom is -0.207 e. The molecule has 0 spiro atoms. The van der Waals surface area contributed by atoms with Gasteiger partial charge in [-0.15, -0.1) is 0 Å². The van der Waals surface area contributed by atoms with Crippen molar-refractivity contribution in [1.82, 2.24) is 0 Å². The minimum absolute atomic E-state index is 0.260. The lowest BCUT2D eigenvalue weighted by Crippen LogP contribution is -1.92. The first-order valence-corrected chi connectivity index (χ1v) is 5.25. The van der Waals surface area contributed by atoms with Crippen molar-refractivity contribution in [2.45, 2.75) is 19.8 Å². The number of benzene rings is 2. The van der Waals surface area contributed by atoms with E-state index in [1.807, 2.05) is 6.07 Å². The summed E-state index contributed by atoms with van der Waals surface area (Å²) in [4.78, 5) is 0. The van der Waals surface area contributed by atoms with Gasteiger partial charge in [-0.05, 0) is 40.5 Å². The van der Waals surface area contributed by atoms with E-state index in [-0.39, 0.29) is 5.82 Å². The molecule has 2 heteroatoms. The number of halogens is 1. The van der Waals surface area contributed by atoms with Gasteiger partial charge in [0, 0.05) is 0 Å². The normalized spacial score (nSPS) is 10.7. The quantitative estimate of drug-likeness (QED) is 0.703. The van der Waals surface area contributed by atoms with Crippen LogP contribution in [-0.2, 0) is 0 Å². The fraction of sp³-hybridized carbons (Fsp3) is 0.214. The van der Waals surface area contributed by atoms with E-state index in [4.69, 9.17) is 5.26 Å². The summed E-state index contributed by atoms with van der Waals surface area (Å²) in [5.74, 6) is 0.0570. The molecule has 2 aromatic rings. The molecule has 0 aliphatic rings. The maximum Gasteiger partial charge on any atom is 0.123 e. The molecule has 0 radical (unpaired) electrons. The van der Waals surface area contributed by atoms with Gasteiger partial charge in [0.2, 0.25) is 0 Å². The van der Waals surface area contributed by atoms with Crippen molar-refractivity contribution in [3.63, 3.8) is 0 Å². The zero-order valence-corrected chi connectivity index (χ0v) is 9.29. The molecule has 16 heavy (non-hydrogen) atoms. The first kappa shape index (κ1) is 10.6. The Balaban J connectivity index is 2.87. The zero-order chi connectivity index (χ0) is 11.7. The molecule has 0 aromatic heterocycles. The first-order valence-electron chi connectivity index (χ1n) is 5.25. The lowest BCUT2D eigenvalue weighted by atomic mass is 9.93. The molecule has 0 amide bonds. The Hall–Kier alpha value is -1.88. The van der Waals surface area contributed by atoms with E-state index >= 15 is 0 Å². The van der Waals surface area contributed by atoms with Gasteiger partial charge in [-0.1, -0.05) is 26.0 Å². The van der Waals surface area contributed by atoms with Crippen LogP contribution in [0.25, 0.3) is 10.8 Å². The molecule has 0 unspecified atom stereocenters. The highest BCUT2D eigenvalue weighted by Gasteiger charge is 2.09. The summed E-state index contributed by atoms with van der Waals surface area (Å²) in [6, 6.07) is 10.4. The van der Waals surface area contributed by atoms with Crippen LogP contribution in [0.2, 0.25) is 0 Å². The predicted molar refractivity (Wildman–Crippen MR) is 62.7 cm³/mol. The molecule has 2 rings (SSSR count). The Morgan fingerprint density at radius 3 is 2.50 bits per heavy atom. The van der Waals surface area contributed by atoms with E-state index in [0.29, 0.717) is 11.5 Å². The van der Waals surface area contributed by atoms with E-state index in [2.05, 4.69) is 19.9 Å². The van der Waals surface area contributed by atoms with Crippen LogP contribution in [0, 0.1) is 17.1 Å². The van der Waals surface area contributed by atoms with Crippen LogP contribution in [0.1, 0.15) is 30.9 Å². The van der Waals surface area contributed by atoms with Gasteiger partial charge >= 0.3 is 0 Å². The van der Waals surface area contributed by atoms with Crippen LogP contribution in [0.4, 0.5) is 4.39 Å². The second-order valence-electron chi connectivity index (χ2n) is 4.16. The highest BCUT2D eigenvalue weighted by molar-refractivity contribution is 5.91. The monoisotopic (exact) mass is 213 g/mol. The molecule has 1 nitrogen and oxygen atoms in total. The standard InChI is InChI=1S/C14H12FN/c1-9(2)12-5-3-10(8-16)13-6-4-11(15)7-14(12)13/h3-7,9H,1-2H3. The van der Waals surface area contributed by atoms with Crippen LogP contribution in [0.15, 0.2) is 30.3 Å². The SMILES string of the molecule is CC(C)c1ccc(C#N)c2ccc(F)cc12. The van der Waals surface area contributed by atoms with Gasteiger partial charge in [0.25, 0.3) is 0 Å². The third kappa shape index (κ3) is 1.65. The van der Waals surface area contributed by atoms with Gasteiger partial charge in [-0.2, -0.15) is 5.26 Å². The largest absolute Gasteiger partial charge is 0.207 e. The third-order valence-corrected chi connectivity index (χ3v) is 2.75. The molecule has 2 aromatic carbocycles. The van der Waals surface area contributed by atoms with E-state index in [9.17, 15) is 4.39 Å². The van der Waals surface area contributed by atoms with E-state index in [0.717, 1.165) is 16.3 Å². The van der Waals surface area contributed by atoms with E-state index in [1.54, 1.807) is 12.1 Å². The first-order chi connectivity index (χ1) is 7.63. The van der Waals surface area contributed by atoms with Gasteiger partial charge in [0.1, 0.15) is 5.82 Å². The average Bonchev–Trinajstić information content (AvgIpc) is 2.26. The molecular formula is C14H12FN. The number of nitriles is 1. The maximum atomic E-state index is 13.2. The van der Waals surface area contributed by atoms with Crippen LogP contribution in [-0.4, -0.2) is 0 Å². The summed E-state index contributed by atoms with van der Waals surface area (Å²) in [6.07, 6.45) is 0. The number of nitrogens with zero attached hydrogens (tertiary/aromatic N) is 1. The Labute approximate surface area is 94.1 Å². The van der Waals surface area contributed by atoms with Crippen molar-refractivity contribution in [2.24, 2.45) is 0 Å². The van der Waals surface area contributed by atoms with Gasteiger partial charge in [0.05, 0.1) is 11.6 Å². The Morgan fingerprint density at radius 2 is 1.88 bits per heavy atom. The molecule has 0 heterocycles. The van der Waals surface area contributed by atoms with Crippen LogP contribution in [0.3, 0.4) is 0 Å². The second kappa shape index (κ2) is 3.94. The number of fused-ring (bicyclic) bond motifs is 1. The summed E-state index contributed by atoms with van der Waals surface area (Å²) < 4.78 is 13.2. The number of hydrogen-bond donors (Lipinski definition) is 0. The van der Waals surface area contributed by atoms with Crippen molar-refractivity contribution >= 4 is 10.8 Å². The van der Waals surface area contributed by atoms with Gasteiger partial charge in [-0.25, -0.2) is 4.39 Å². The molecule has 0 saturated heterocycles. The Kier molecular flexibility index (Phi) is 2.62. The van der Waals surface area contributed by atoms with Crippen LogP contribution >= 0.6 is 0 Å².